The number of furan rings is 1. The molecule has 90 valence electrons. The first-order valence-corrected chi connectivity index (χ1v) is 7.04. The Kier molecular flexibility index (Phi) is 4.29. The molecule has 0 radical (unpaired) electrons. The quantitative estimate of drug-likeness (QED) is 0.833. The van der Waals surface area contributed by atoms with Crippen molar-refractivity contribution in [2.24, 2.45) is 0 Å². The van der Waals surface area contributed by atoms with Gasteiger partial charge in [0.15, 0.2) is 0 Å². The average Bonchev–Trinajstić information content (AvgIpc) is 2.76. The second kappa shape index (κ2) is 5.74. The van der Waals surface area contributed by atoms with Crippen molar-refractivity contribution in [3.05, 3.63) is 50.8 Å². The van der Waals surface area contributed by atoms with Crippen LogP contribution in [-0.2, 0) is 13.0 Å². The summed E-state index contributed by atoms with van der Waals surface area (Å²) in [5.74, 6) is 1.98. The van der Waals surface area contributed by atoms with Gasteiger partial charge in [-0.15, -0.1) is 0 Å². The molecular formula is C13H13Br2NO. The van der Waals surface area contributed by atoms with Crippen LogP contribution in [0.4, 0.5) is 5.69 Å². The van der Waals surface area contributed by atoms with Gasteiger partial charge in [-0.1, -0.05) is 22.9 Å². The van der Waals surface area contributed by atoms with Gasteiger partial charge < -0.3 is 9.73 Å². The molecule has 0 saturated carbocycles. The number of hydrogen-bond donors (Lipinski definition) is 1. The monoisotopic (exact) mass is 357 g/mol. The molecule has 17 heavy (non-hydrogen) atoms. The van der Waals surface area contributed by atoms with E-state index >= 15 is 0 Å². The lowest BCUT2D eigenvalue weighted by Crippen LogP contribution is -1.98. The van der Waals surface area contributed by atoms with Crippen LogP contribution in [0.5, 0.6) is 0 Å². The fraction of sp³-hybridized carbons (Fsp3) is 0.231. The zero-order valence-electron chi connectivity index (χ0n) is 9.47. The van der Waals surface area contributed by atoms with Crippen molar-refractivity contribution in [3.63, 3.8) is 0 Å². The Balaban J connectivity index is 2.02. The van der Waals surface area contributed by atoms with E-state index in [0.717, 1.165) is 32.6 Å². The summed E-state index contributed by atoms with van der Waals surface area (Å²) in [7, 11) is 0. The third kappa shape index (κ3) is 3.36. The molecule has 0 aliphatic heterocycles. The summed E-state index contributed by atoms with van der Waals surface area (Å²) in [6, 6.07) is 10.1. The van der Waals surface area contributed by atoms with Gasteiger partial charge in [-0.25, -0.2) is 0 Å². The number of rotatable bonds is 4. The summed E-state index contributed by atoms with van der Waals surface area (Å²) in [6.45, 7) is 2.78. The van der Waals surface area contributed by atoms with Crippen molar-refractivity contribution < 1.29 is 4.42 Å². The molecule has 4 heteroatoms. The Morgan fingerprint density at radius 2 is 1.88 bits per heavy atom. The van der Waals surface area contributed by atoms with Crippen molar-refractivity contribution in [1.29, 1.82) is 0 Å². The molecule has 1 aromatic heterocycles. The Morgan fingerprint density at radius 1 is 1.12 bits per heavy atom. The van der Waals surface area contributed by atoms with Gasteiger partial charge in [0.05, 0.1) is 6.54 Å². The second-order valence-corrected chi connectivity index (χ2v) is 5.47. The first kappa shape index (κ1) is 12.7. The Labute approximate surface area is 118 Å². The molecule has 0 fully saturated rings. The van der Waals surface area contributed by atoms with E-state index in [9.17, 15) is 0 Å². The standard InChI is InChI=1S/C13H13Br2NO/c1-2-10-4-5-11(17-10)8-16-13-6-3-9(14)7-12(13)15/h3-7,16H,2,8H2,1H3. The molecule has 1 N–H and O–H groups in total. The number of halogens is 2. The Hall–Kier alpha value is -0.740. The summed E-state index contributed by atoms with van der Waals surface area (Å²) < 4.78 is 7.72. The van der Waals surface area contributed by atoms with E-state index in [2.05, 4.69) is 44.1 Å². The van der Waals surface area contributed by atoms with E-state index < -0.39 is 0 Å². The molecule has 0 unspecified atom stereocenters. The average molecular weight is 359 g/mol. The lowest BCUT2D eigenvalue weighted by atomic mass is 10.3. The smallest absolute Gasteiger partial charge is 0.123 e. The molecule has 1 heterocycles. The minimum absolute atomic E-state index is 0.695. The van der Waals surface area contributed by atoms with Crippen LogP contribution < -0.4 is 5.32 Å². The van der Waals surface area contributed by atoms with Crippen LogP contribution in [0.3, 0.4) is 0 Å². The summed E-state index contributed by atoms with van der Waals surface area (Å²) in [5, 5.41) is 3.33. The van der Waals surface area contributed by atoms with Gasteiger partial charge in [0.25, 0.3) is 0 Å². The maximum Gasteiger partial charge on any atom is 0.123 e. The minimum atomic E-state index is 0.695. The van der Waals surface area contributed by atoms with Crippen molar-refractivity contribution in [3.8, 4) is 0 Å². The number of nitrogens with one attached hydrogen (secondary N) is 1. The van der Waals surface area contributed by atoms with Crippen LogP contribution in [0.25, 0.3) is 0 Å². The maximum atomic E-state index is 5.63. The first-order valence-electron chi connectivity index (χ1n) is 5.45. The molecular weight excluding hydrogens is 346 g/mol. The molecule has 0 saturated heterocycles. The zero-order chi connectivity index (χ0) is 12.3. The number of benzene rings is 1. The normalized spacial score (nSPS) is 10.5. The third-order valence-corrected chi connectivity index (χ3v) is 3.60. The second-order valence-electron chi connectivity index (χ2n) is 3.70. The topological polar surface area (TPSA) is 25.2 Å². The van der Waals surface area contributed by atoms with Gasteiger partial charge in [0, 0.05) is 21.1 Å². The van der Waals surface area contributed by atoms with Crippen molar-refractivity contribution in [1.82, 2.24) is 0 Å². The van der Waals surface area contributed by atoms with Crippen LogP contribution in [0, 0.1) is 0 Å². The van der Waals surface area contributed by atoms with Crippen LogP contribution >= 0.6 is 31.9 Å². The van der Waals surface area contributed by atoms with Crippen molar-refractivity contribution >= 4 is 37.5 Å². The highest BCUT2D eigenvalue weighted by atomic mass is 79.9. The van der Waals surface area contributed by atoms with E-state index in [-0.39, 0.29) is 0 Å². The fourth-order valence-electron chi connectivity index (χ4n) is 1.52. The summed E-state index contributed by atoms with van der Waals surface area (Å²) >= 11 is 6.95. The molecule has 0 bridgehead atoms. The van der Waals surface area contributed by atoms with Gasteiger partial charge in [-0.2, -0.15) is 0 Å². The molecule has 0 atom stereocenters. The fourth-order valence-corrected chi connectivity index (χ4v) is 2.71. The highest BCUT2D eigenvalue weighted by Crippen LogP contribution is 2.26. The highest BCUT2D eigenvalue weighted by Gasteiger charge is 2.03. The lowest BCUT2D eigenvalue weighted by molar-refractivity contribution is 0.476. The number of anilines is 1. The summed E-state index contributed by atoms with van der Waals surface area (Å²) in [4.78, 5) is 0. The van der Waals surface area contributed by atoms with Crippen molar-refractivity contribution in [2.45, 2.75) is 19.9 Å². The predicted octanol–water partition coefficient (Wildman–Crippen LogP) is 4.98. The summed E-state index contributed by atoms with van der Waals surface area (Å²) in [6.07, 6.45) is 0.933. The van der Waals surface area contributed by atoms with E-state index in [1.165, 1.54) is 0 Å². The van der Waals surface area contributed by atoms with Crippen LogP contribution in [0.15, 0.2) is 43.7 Å². The van der Waals surface area contributed by atoms with E-state index in [0.29, 0.717) is 6.54 Å². The number of aryl methyl sites for hydroxylation is 1. The number of hydrogen-bond acceptors (Lipinski definition) is 2. The molecule has 0 spiro atoms. The molecule has 0 amide bonds. The Bertz CT molecular complexity index is 508. The zero-order valence-corrected chi connectivity index (χ0v) is 12.6. The minimum Gasteiger partial charge on any atom is -0.464 e. The highest BCUT2D eigenvalue weighted by molar-refractivity contribution is 9.11. The SMILES string of the molecule is CCc1ccc(CNc2ccc(Br)cc2Br)o1. The molecule has 1 aromatic carbocycles. The molecule has 2 nitrogen and oxygen atoms in total. The van der Waals surface area contributed by atoms with Crippen molar-refractivity contribution in [2.75, 3.05) is 5.32 Å². The maximum absolute atomic E-state index is 5.63. The van der Waals surface area contributed by atoms with E-state index in [1.54, 1.807) is 0 Å². The summed E-state index contributed by atoms with van der Waals surface area (Å²) in [5.41, 5.74) is 1.06. The molecule has 0 aliphatic carbocycles. The lowest BCUT2D eigenvalue weighted by Gasteiger charge is -2.07. The molecule has 2 aromatic rings. The molecule has 2 rings (SSSR count). The van der Waals surface area contributed by atoms with Gasteiger partial charge in [0.1, 0.15) is 11.5 Å². The van der Waals surface area contributed by atoms with Crippen LogP contribution in [-0.4, -0.2) is 0 Å². The van der Waals surface area contributed by atoms with E-state index in [1.807, 2.05) is 30.3 Å². The first-order chi connectivity index (χ1) is 8.19. The van der Waals surface area contributed by atoms with Gasteiger partial charge in [0.2, 0.25) is 0 Å². The van der Waals surface area contributed by atoms with Gasteiger partial charge >= 0.3 is 0 Å². The van der Waals surface area contributed by atoms with Gasteiger partial charge in [-0.05, 0) is 46.3 Å². The van der Waals surface area contributed by atoms with Gasteiger partial charge in [-0.3, -0.25) is 0 Å². The Morgan fingerprint density at radius 3 is 2.53 bits per heavy atom. The van der Waals surface area contributed by atoms with E-state index in [4.69, 9.17) is 4.42 Å². The largest absolute Gasteiger partial charge is 0.464 e. The predicted molar refractivity (Wildman–Crippen MR) is 77.3 cm³/mol. The van der Waals surface area contributed by atoms with Crippen LogP contribution in [0.2, 0.25) is 0 Å². The van der Waals surface area contributed by atoms with Crippen LogP contribution in [0.1, 0.15) is 18.4 Å². The molecule has 0 aliphatic rings. The third-order valence-electron chi connectivity index (χ3n) is 2.45.